The fourth-order valence-electron chi connectivity index (χ4n) is 3.93. The average Bonchev–Trinajstić information content (AvgIpc) is 2.88. The van der Waals surface area contributed by atoms with Gasteiger partial charge in [0.05, 0.1) is 0 Å². The lowest BCUT2D eigenvalue weighted by Crippen LogP contribution is -1.97. The smallest absolute Gasteiger partial charge is 0.0161 e. The second-order valence-electron chi connectivity index (χ2n) is 10.7. The monoisotopic (exact) mass is 512 g/mol. The Kier molecular flexibility index (Phi) is 19.5. The Morgan fingerprint density at radius 3 is 1.92 bits per heavy atom. The highest BCUT2D eigenvalue weighted by atomic mass is 14.1. The van der Waals surface area contributed by atoms with Crippen molar-refractivity contribution in [2.75, 3.05) is 0 Å². The Labute approximate surface area is 237 Å². The number of unbranched alkanes of at least 4 members (excludes halogenated alkanes) is 3. The maximum atomic E-state index is 4.23. The SMILES string of the molecule is C=C(/C=C(/C)C(C)CCCCC)c1ccccc1C.C=C(C)c1ccc(CCCC)cc1.C=CC=C(C)C. The lowest BCUT2D eigenvalue weighted by molar-refractivity contribution is 0.554. The predicted octanol–water partition coefficient (Wildman–Crippen LogP) is 12.4. The number of hydrogen-bond donors (Lipinski definition) is 0. The van der Waals surface area contributed by atoms with Gasteiger partial charge in [-0.15, -0.1) is 0 Å². The van der Waals surface area contributed by atoms with Crippen LogP contribution in [0.3, 0.4) is 0 Å². The zero-order valence-electron chi connectivity index (χ0n) is 26.0. The molecule has 0 aromatic heterocycles. The summed E-state index contributed by atoms with van der Waals surface area (Å²) in [4.78, 5) is 0. The summed E-state index contributed by atoms with van der Waals surface area (Å²) in [6.45, 7) is 29.0. The van der Waals surface area contributed by atoms with Crippen molar-refractivity contribution < 1.29 is 0 Å². The summed E-state index contributed by atoms with van der Waals surface area (Å²) in [5, 5.41) is 0. The van der Waals surface area contributed by atoms with Gasteiger partial charge in [0.15, 0.2) is 0 Å². The summed E-state index contributed by atoms with van der Waals surface area (Å²) in [6, 6.07) is 17.2. The van der Waals surface area contributed by atoms with Gasteiger partial charge in [-0.25, -0.2) is 0 Å². The molecule has 0 N–H and O–H groups in total. The molecular formula is C38H56. The van der Waals surface area contributed by atoms with E-state index >= 15 is 0 Å². The van der Waals surface area contributed by atoms with E-state index in [1.807, 2.05) is 26.8 Å². The van der Waals surface area contributed by atoms with Gasteiger partial charge in [-0.1, -0.05) is 150 Å². The zero-order valence-corrected chi connectivity index (χ0v) is 26.0. The highest BCUT2D eigenvalue weighted by Gasteiger charge is 2.06. The molecule has 1 unspecified atom stereocenters. The third-order valence-corrected chi connectivity index (χ3v) is 6.63. The minimum Gasteiger partial charge on any atom is -0.0991 e. The van der Waals surface area contributed by atoms with Crippen molar-refractivity contribution in [2.24, 2.45) is 5.92 Å². The molecule has 2 aromatic carbocycles. The van der Waals surface area contributed by atoms with E-state index in [0.717, 1.165) is 11.1 Å². The maximum Gasteiger partial charge on any atom is -0.0161 e. The Morgan fingerprint density at radius 2 is 1.45 bits per heavy atom. The largest absolute Gasteiger partial charge is 0.0991 e. The van der Waals surface area contributed by atoms with Crippen LogP contribution in [0.1, 0.15) is 109 Å². The van der Waals surface area contributed by atoms with E-state index in [1.54, 1.807) is 6.08 Å². The van der Waals surface area contributed by atoms with E-state index in [9.17, 15) is 0 Å². The van der Waals surface area contributed by atoms with Crippen LogP contribution in [0, 0.1) is 12.8 Å². The quantitative estimate of drug-likeness (QED) is 0.196. The van der Waals surface area contributed by atoms with Gasteiger partial charge in [0.2, 0.25) is 0 Å². The van der Waals surface area contributed by atoms with E-state index in [4.69, 9.17) is 0 Å². The van der Waals surface area contributed by atoms with Crippen LogP contribution in [0.15, 0.2) is 97.6 Å². The molecule has 0 amide bonds. The molecule has 208 valence electrons. The molecule has 38 heavy (non-hydrogen) atoms. The molecule has 0 spiro atoms. The summed E-state index contributed by atoms with van der Waals surface area (Å²) in [5.74, 6) is 0.660. The first-order valence-corrected chi connectivity index (χ1v) is 14.5. The minimum absolute atomic E-state index is 0.660. The molecule has 0 radical (unpaired) electrons. The van der Waals surface area contributed by atoms with Crippen LogP contribution >= 0.6 is 0 Å². The summed E-state index contributed by atoms with van der Waals surface area (Å²) < 4.78 is 0. The second-order valence-corrected chi connectivity index (χ2v) is 10.7. The molecule has 0 aliphatic rings. The van der Waals surface area contributed by atoms with E-state index in [1.165, 1.54) is 78.3 Å². The van der Waals surface area contributed by atoms with E-state index in [0.29, 0.717) is 5.92 Å². The third-order valence-electron chi connectivity index (χ3n) is 6.63. The van der Waals surface area contributed by atoms with Gasteiger partial charge in [0.25, 0.3) is 0 Å². The fourth-order valence-corrected chi connectivity index (χ4v) is 3.93. The molecule has 0 saturated carbocycles. The average molecular weight is 513 g/mol. The molecule has 2 rings (SSSR count). The summed E-state index contributed by atoms with van der Waals surface area (Å²) in [7, 11) is 0. The Bertz CT molecular complexity index is 1010. The van der Waals surface area contributed by atoms with E-state index in [-0.39, 0.29) is 0 Å². The first-order valence-electron chi connectivity index (χ1n) is 14.5. The Morgan fingerprint density at radius 1 is 0.842 bits per heavy atom. The first kappa shape index (κ1) is 35.1. The molecular weight excluding hydrogens is 456 g/mol. The van der Waals surface area contributed by atoms with Crippen LogP contribution in [0.4, 0.5) is 0 Å². The molecule has 0 saturated heterocycles. The van der Waals surface area contributed by atoms with Gasteiger partial charge in [-0.3, -0.25) is 0 Å². The molecule has 2 aromatic rings. The molecule has 1 atom stereocenters. The standard InChI is InChI=1S/C19H28.C13H18.C6H10/c1-6-7-8-11-15(2)17(4)14-18(5)19-13-10-9-12-16(19)3;1-4-5-6-12-7-9-13(10-8-12)11(2)3;1-4-5-6(2)3/h9-10,12-15H,5-8,11H2,1-4H3;7-10H,2,4-6H2,1,3H3;4-5H,1H2,2-3H3/b17-14-;;. The number of hydrogen-bond acceptors (Lipinski definition) is 0. The molecule has 0 heteroatoms. The molecule has 0 aliphatic heterocycles. The molecule has 0 fully saturated rings. The number of aryl methyl sites for hydroxylation is 2. The van der Waals surface area contributed by atoms with Crippen LogP contribution in [0.25, 0.3) is 11.1 Å². The first-order chi connectivity index (χ1) is 18.1. The number of allylic oxidation sites excluding steroid dienone is 7. The molecule has 0 heterocycles. The van der Waals surface area contributed by atoms with Gasteiger partial charge in [-0.05, 0) is 87.6 Å². The van der Waals surface area contributed by atoms with Gasteiger partial charge in [0.1, 0.15) is 0 Å². The van der Waals surface area contributed by atoms with Crippen molar-refractivity contribution in [1.82, 2.24) is 0 Å². The van der Waals surface area contributed by atoms with Gasteiger partial charge in [-0.2, -0.15) is 0 Å². The van der Waals surface area contributed by atoms with E-state index in [2.05, 4.69) is 109 Å². The lowest BCUT2D eigenvalue weighted by Gasteiger charge is -2.13. The van der Waals surface area contributed by atoms with Crippen molar-refractivity contribution in [2.45, 2.75) is 100 Å². The van der Waals surface area contributed by atoms with Gasteiger partial charge < -0.3 is 0 Å². The van der Waals surface area contributed by atoms with E-state index < -0.39 is 0 Å². The predicted molar refractivity (Wildman–Crippen MR) is 177 cm³/mol. The third kappa shape index (κ3) is 16.1. The van der Waals surface area contributed by atoms with Crippen LogP contribution in [-0.4, -0.2) is 0 Å². The zero-order chi connectivity index (χ0) is 28.9. The molecule has 0 bridgehead atoms. The summed E-state index contributed by atoms with van der Waals surface area (Å²) in [6.07, 6.45) is 15.0. The van der Waals surface area contributed by atoms with Crippen molar-refractivity contribution in [3.63, 3.8) is 0 Å². The van der Waals surface area contributed by atoms with Crippen molar-refractivity contribution in [3.8, 4) is 0 Å². The second kappa shape index (κ2) is 21.1. The van der Waals surface area contributed by atoms with Gasteiger partial charge in [0, 0.05) is 0 Å². The molecule has 0 nitrogen and oxygen atoms in total. The maximum absolute atomic E-state index is 4.23. The van der Waals surface area contributed by atoms with Crippen molar-refractivity contribution in [3.05, 3.63) is 120 Å². The highest BCUT2D eigenvalue weighted by molar-refractivity contribution is 5.74. The van der Waals surface area contributed by atoms with Crippen molar-refractivity contribution >= 4 is 11.1 Å². The van der Waals surface area contributed by atoms with Crippen LogP contribution in [-0.2, 0) is 6.42 Å². The topological polar surface area (TPSA) is 0 Å². The Hall–Kier alpha value is -2.86. The molecule has 0 aliphatic carbocycles. The summed E-state index contributed by atoms with van der Waals surface area (Å²) >= 11 is 0. The number of benzene rings is 2. The lowest BCUT2D eigenvalue weighted by atomic mass is 9.92. The van der Waals surface area contributed by atoms with Crippen LogP contribution < -0.4 is 0 Å². The van der Waals surface area contributed by atoms with Crippen molar-refractivity contribution in [1.29, 1.82) is 0 Å². The highest BCUT2D eigenvalue weighted by Crippen LogP contribution is 2.24. The minimum atomic E-state index is 0.660. The number of rotatable bonds is 12. The van der Waals surface area contributed by atoms with Gasteiger partial charge >= 0.3 is 0 Å². The van der Waals surface area contributed by atoms with Crippen LogP contribution in [0.5, 0.6) is 0 Å². The fraction of sp³-hybridized carbons (Fsp3) is 0.421. The summed E-state index contributed by atoms with van der Waals surface area (Å²) in [5.41, 5.74) is 10.3. The van der Waals surface area contributed by atoms with Crippen LogP contribution in [0.2, 0.25) is 0 Å². The Balaban J connectivity index is 0.000000620. The normalized spacial score (nSPS) is 11.2.